The Balaban J connectivity index is 1.36. The molecular weight excluding hydrogens is 499 g/mol. The van der Waals surface area contributed by atoms with E-state index in [4.69, 9.17) is 9.98 Å². The standard InChI is InChI=1S/C33H35FN6/c34-23-11-13-27(14-12-23)40-32-10-4-3-9-28(32)38-31-20-29(37-25-6-5-17-35-22-25)30(21-33(31)40)36-24-15-18-39(19-16-24)26-7-1-2-8-26/h5-6,9-14,17,20-22,24,26,37H,1-4,7-8,15-16,18-19H2. The van der Waals surface area contributed by atoms with E-state index >= 15 is 0 Å². The van der Waals surface area contributed by atoms with Gasteiger partial charge in [0.2, 0.25) is 0 Å². The fourth-order valence-corrected chi connectivity index (χ4v) is 6.57. The number of benzene rings is 2. The first kappa shape index (κ1) is 25.1. The van der Waals surface area contributed by atoms with Gasteiger partial charge < -0.3 is 14.8 Å². The van der Waals surface area contributed by atoms with Gasteiger partial charge in [0.05, 0.1) is 51.1 Å². The highest BCUT2D eigenvalue weighted by molar-refractivity contribution is 5.70. The van der Waals surface area contributed by atoms with Gasteiger partial charge in [0.1, 0.15) is 5.82 Å². The summed E-state index contributed by atoms with van der Waals surface area (Å²) in [4.78, 5) is 17.4. The zero-order valence-electron chi connectivity index (χ0n) is 22.8. The largest absolute Gasteiger partial charge is 0.352 e. The smallest absolute Gasteiger partial charge is 0.123 e. The Bertz CT molecular complexity index is 1650. The molecule has 0 bridgehead atoms. The predicted octanol–water partition coefficient (Wildman–Crippen LogP) is 4.92. The summed E-state index contributed by atoms with van der Waals surface area (Å²) in [6.45, 7) is 2.24. The lowest BCUT2D eigenvalue weighted by molar-refractivity contribution is 0.154. The Hall–Kier alpha value is -3.84. The molecule has 0 atom stereocenters. The highest BCUT2D eigenvalue weighted by Crippen LogP contribution is 2.28. The van der Waals surface area contributed by atoms with Crippen LogP contribution in [-0.4, -0.2) is 44.6 Å². The molecule has 204 valence electrons. The molecule has 0 amide bonds. The molecule has 0 unspecified atom stereocenters. The molecule has 5 aliphatic rings. The molecular formula is C33H35FN6. The van der Waals surface area contributed by atoms with E-state index in [0.29, 0.717) is 0 Å². The van der Waals surface area contributed by atoms with Crippen LogP contribution in [0.15, 0.2) is 65.9 Å². The molecule has 0 spiro atoms. The summed E-state index contributed by atoms with van der Waals surface area (Å²) < 4.78 is 16.1. The molecule has 7 rings (SSSR count). The van der Waals surface area contributed by atoms with Crippen molar-refractivity contribution in [3.05, 3.63) is 82.8 Å². The summed E-state index contributed by atoms with van der Waals surface area (Å²) in [5, 5.41) is 6.50. The van der Waals surface area contributed by atoms with Crippen LogP contribution in [0.1, 0.15) is 51.4 Å². The normalized spacial score (nSPS) is 18.9. The number of likely N-dealkylation sites (tertiary alicyclic amines) is 1. The summed E-state index contributed by atoms with van der Waals surface area (Å²) in [7, 11) is 0. The van der Waals surface area contributed by atoms with Crippen molar-refractivity contribution in [2.24, 2.45) is 4.99 Å². The first-order chi connectivity index (χ1) is 19.7. The van der Waals surface area contributed by atoms with Crippen LogP contribution in [-0.2, 0) is 0 Å². The quantitative estimate of drug-likeness (QED) is 0.395. The van der Waals surface area contributed by atoms with Gasteiger partial charge in [-0.05, 0) is 87.1 Å². The second-order valence-electron chi connectivity index (χ2n) is 11.2. The van der Waals surface area contributed by atoms with Gasteiger partial charge in [-0.1, -0.05) is 25.0 Å². The van der Waals surface area contributed by atoms with Crippen molar-refractivity contribution in [3.63, 3.8) is 0 Å². The summed E-state index contributed by atoms with van der Waals surface area (Å²) in [5.74, 6) is -0.241. The molecule has 2 fully saturated rings. The average molecular weight is 535 g/mol. The van der Waals surface area contributed by atoms with Gasteiger partial charge in [-0.15, -0.1) is 0 Å². The number of fused-ring (bicyclic) bond motifs is 2. The molecule has 40 heavy (non-hydrogen) atoms. The average Bonchev–Trinajstić information content (AvgIpc) is 3.53. The molecule has 1 aromatic heterocycles. The number of aromatic nitrogens is 3. The molecule has 0 radical (unpaired) electrons. The van der Waals surface area contributed by atoms with E-state index < -0.39 is 0 Å². The van der Waals surface area contributed by atoms with Crippen LogP contribution in [0.4, 0.5) is 15.8 Å². The minimum absolute atomic E-state index is 0.241. The molecule has 3 heterocycles. The molecule has 3 aliphatic carbocycles. The van der Waals surface area contributed by atoms with Crippen LogP contribution in [0, 0.1) is 5.82 Å². The fraction of sp³-hybridized carbons (Fsp3) is 0.364. The molecule has 2 aliphatic heterocycles. The summed E-state index contributed by atoms with van der Waals surface area (Å²) in [6.07, 6.45) is 17.5. The van der Waals surface area contributed by atoms with Crippen LogP contribution in [0.5, 0.6) is 0 Å². The minimum atomic E-state index is -0.241. The third-order valence-corrected chi connectivity index (χ3v) is 8.61. The van der Waals surface area contributed by atoms with Crippen LogP contribution >= 0.6 is 0 Å². The molecule has 1 saturated carbocycles. The van der Waals surface area contributed by atoms with Crippen molar-refractivity contribution in [2.45, 2.75) is 63.5 Å². The SMILES string of the molecule is Fc1ccc(-n2c3cc(=NC4CCN(C5CCCC5)CC4)c(Nc4cccnc4)cc-3nc3c2=CCCC=3)cc1. The molecule has 7 heteroatoms. The number of nitrogens with one attached hydrogen (secondary N) is 1. The lowest BCUT2D eigenvalue weighted by atomic mass is 10.0. The monoisotopic (exact) mass is 534 g/mol. The van der Waals surface area contributed by atoms with Crippen LogP contribution in [0.2, 0.25) is 0 Å². The zero-order valence-corrected chi connectivity index (χ0v) is 22.8. The maximum Gasteiger partial charge on any atom is 0.123 e. The van der Waals surface area contributed by atoms with Gasteiger partial charge in [0.15, 0.2) is 0 Å². The first-order valence-corrected chi connectivity index (χ1v) is 14.7. The number of nitrogens with zero attached hydrogens (tertiary/aromatic N) is 5. The van der Waals surface area contributed by atoms with Gasteiger partial charge in [-0.3, -0.25) is 9.98 Å². The summed E-state index contributed by atoms with van der Waals surface area (Å²) in [6, 6.07) is 16.0. The number of hydrogen-bond donors (Lipinski definition) is 1. The van der Waals surface area contributed by atoms with Gasteiger partial charge in [-0.2, -0.15) is 0 Å². The van der Waals surface area contributed by atoms with E-state index in [2.05, 4.69) is 44.1 Å². The second kappa shape index (κ2) is 11.0. The number of rotatable bonds is 5. The van der Waals surface area contributed by atoms with E-state index in [1.165, 1.54) is 37.8 Å². The van der Waals surface area contributed by atoms with Crippen molar-refractivity contribution in [1.82, 2.24) is 19.4 Å². The fourth-order valence-electron chi connectivity index (χ4n) is 6.57. The van der Waals surface area contributed by atoms with Crippen molar-refractivity contribution in [1.29, 1.82) is 0 Å². The molecule has 2 aromatic rings. The molecule has 1 saturated heterocycles. The number of pyridine rings is 1. The molecule has 1 N–H and O–H groups in total. The summed E-state index contributed by atoms with van der Waals surface area (Å²) >= 11 is 0. The van der Waals surface area contributed by atoms with Crippen molar-refractivity contribution >= 4 is 23.5 Å². The van der Waals surface area contributed by atoms with Crippen molar-refractivity contribution < 1.29 is 4.39 Å². The highest BCUT2D eigenvalue weighted by atomic mass is 19.1. The maximum absolute atomic E-state index is 13.9. The van der Waals surface area contributed by atoms with Crippen LogP contribution in [0.3, 0.4) is 0 Å². The molecule has 1 aromatic carbocycles. The topological polar surface area (TPSA) is 58.3 Å². The van der Waals surface area contributed by atoms with E-state index in [-0.39, 0.29) is 11.9 Å². The van der Waals surface area contributed by atoms with E-state index in [9.17, 15) is 4.39 Å². The van der Waals surface area contributed by atoms with E-state index in [1.54, 1.807) is 6.20 Å². The van der Waals surface area contributed by atoms with Gasteiger partial charge >= 0.3 is 0 Å². The number of anilines is 2. The van der Waals surface area contributed by atoms with Crippen molar-refractivity contribution in [2.75, 3.05) is 18.4 Å². The lowest BCUT2D eigenvalue weighted by Crippen LogP contribution is -2.42. The van der Waals surface area contributed by atoms with E-state index in [1.807, 2.05) is 30.5 Å². The highest BCUT2D eigenvalue weighted by Gasteiger charge is 2.27. The minimum Gasteiger partial charge on any atom is -0.352 e. The number of piperidine rings is 1. The van der Waals surface area contributed by atoms with Gasteiger partial charge in [-0.25, -0.2) is 9.37 Å². The Morgan fingerprint density at radius 1 is 0.925 bits per heavy atom. The number of halogens is 1. The Morgan fingerprint density at radius 2 is 1.73 bits per heavy atom. The third-order valence-electron chi connectivity index (χ3n) is 8.61. The van der Waals surface area contributed by atoms with Crippen LogP contribution < -0.4 is 21.4 Å². The Labute approximate surface area is 234 Å². The maximum atomic E-state index is 13.9. The Morgan fingerprint density at radius 3 is 2.50 bits per heavy atom. The zero-order chi connectivity index (χ0) is 26.9. The predicted molar refractivity (Wildman–Crippen MR) is 157 cm³/mol. The third kappa shape index (κ3) is 5.06. The Kier molecular flexibility index (Phi) is 6.90. The molecule has 6 nitrogen and oxygen atoms in total. The second-order valence-corrected chi connectivity index (χ2v) is 11.2. The van der Waals surface area contributed by atoms with Gasteiger partial charge in [0.25, 0.3) is 0 Å². The van der Waals surface area contributed by atoms with Crippen LogP contribution in [0.25, 0.3) is 29.2 Å². The number of hydrogen-bond acceptors (Lipinski definition) is 5. The van der Waals surface area contributed by atoms with Crippen molar-refractivity contribution in [3.8, 4) is 17.1 Å². The van der Waals surface area contributed by atoms with E-state index in [0.717, 1.165) is 89.3 Å². The van der Waals surface area contributed by atoms with Gasteiger partial charge in [0, 0.05) is 31.0 Å². The lowest BCUT2D eigenvalue weighted by Gasteiger charge is -2.34. The first-order valence-electron chi connectivity index (χ1n) is 14.7. The summed E-state index contributed by atoms with van der Waals surface area (Å²) in [5.41, 5.74) is 4.60.